The normalized spacial score (nSPS) is 12.8. The minimum atomic E-state index is 1.03. The summed E-state index contributed by atoms with van der Waals surface area (Å²) in [6.07, 6.45) is 2.09. The maximum Gasteiger partial charge on any atom is 0.0541 e. The van der Waals surface area contributed by atoms with Crippen molar-refractivity contribution in [3.63, 3.8) is 0 Å². The maximum absolute atomic E-state index is 2.50. The summed E-state index contributed by atoms with van der Waals surface area (Å²) < 4.78 is 4.96. The van der Waals surface area contributed by atoms with E-state index in [1.807, 2.05) is 0 Å². The van der Waals surface area contributed by atoms with E-state index in [2.05, 4.69) is 179 Å². The van der Waals surface area contributed by atoms with Crippen molar-refractivity contribution < 1.29 is 0 Å². The lowest BCUT2D eigenvalue weighted by atomic mass is 9.87. The van der Waals surface area contributed by atoms with Crippen LogP contribution in [0.5, 0.6) is 0 Å². The van der Waals surface area contributed by atoms with Crippen molar-refractivity contribution in [1.82, 2.24) is 9.13 Å². The molecule has 0 N–H and O–H groups in total. The number of benzene rings is 8. The van der Waals surface area contributed by atoms with Crippen LogP contribution in [0.2, 0.25) is 0 Å². The smallest absolute Gasteiger partial charge is 0.0541 e. The fraction of sp³-hybridized carbons (Fsp3) is 0.0400. The van der Waals surface area contributed by atoms with Crippen LogP contribution in [0.1, 0.15) is 11.3 Å². The predicted molar refractivity (Wildman–Crippen MR) is 218 cm³/mol. The molecule has 0 spiro atoms. The summed E-state index contributed by atoms with van der Waals surface area (Å²) in [5, 5.41) is 6.50. The topological polar surface area (TPSA) is 9.86 Å². The van der Waals surface area contributed by atoms with Gasteiger partial charge in [-0.25, -0.2) is 0 Å². The molecule has 0 amide bonds. The number of aryl methyl sites for hydroxylation is 1. The van der Waals surface area contributed by atoms with Gasteiger partial charge in [-0.1, -0.05) is 115 Å². The lowest BCUT2D eigenvalue weighted by Gasteiger charge is -2.19. The Balaban J connectivity index is 1.07. The number of rotatable bonds is 3. The van der Waals surface area contributed by atoms with Gasteiger partial charge in [-0.2, -0.15) is 0 Å². The molecule has 2 aliphatic carbocycles. The van der Waals surface area contributed by atoms with Crippen molar-refractivity contribution in [2.24, 2.45) is 0 Å². The Bertz CT molecular complexity index is 3120. The van der Waals surface area contributed by atoms with Gasteiger partial charge in [0.1, 0.15) is 0 Å². The molecule has 2 aliphatic rings. The fourth-order valence-corrected chi connectivity index (χ4v) is 9.53. The van der Waals surface area contributed by atoms with Crippen LogP contribution in [0.3, 0.4) is 0 Å². The van der Waals surface area contributed by atoms with Gasteiger partial charge in [0.25, 0.3) is 0 Å². The molecule has 52 heavy (non-hydrogen) atoms. The molecule has 242 valence electrons. The highest BCUT2D eigenvalue weighted by Gasteiger charge is 2.26. The first-order chi connectivity index (χ1) is 25.8. The van der Waals surface area contributed by atoms with E-state index >= 15 is 0 Å². The zero-order valence-corrected chi connectivity index (χ0v) is 28.5. The van der Waals surface area contributed by atoms with Crippen LogP contribution in [0, 0.1) is 0 Å². The molecule has 0 atom stereocenters. The minimum Gasteiger partial charge on any atom is -0.313 e. The number of fused-ring (bicyclic) bond motifs is 11. The molecular formula is C50H32N2. The second-order valence-electron chi connectivity index (χ2n) is 14.4. The summed E-state index contributed by atoms with van der Waals surface area (Å²) in [7, 11) is 0. The van der Waals surface area contributed by atoms with Crippen LogP contribution in [0.4, 0.5) is 0 Å². The Kier molecular flexibility index (Phi) is 5.64. The summed E-state index contributed by atoms with van der Waals surface area (Å²) >= 11 is 0. The third-order valence-corrected chi connectivity index (χ3v) is 11.7. The number of nitrogens with zero attached hydrogens (tertiary/aromatic N) is 2. The quantitative estimate of drug-likeness (QED) is 0.178. The second kappa shape index (κ2) is 10.4. The van der Waals surface area contributed by atoms with Crippen molar-refractivity contribution in [3.8, 4) is 55.9 Å². The molecule has 10 aromatic rings. The van der Waals surface area contributed by atoms with Crippen LogP contribution >= 0.6 is 0 Å². The van der Waals surface area contributed by atoms with Crippen LogP contribution in [0.15, 0.2) is 170 Å². The van der Waals surface area contributed by atoms with Gasteiger partial charge in [-0.05, 0) is 123 Å². The van der Waals surface area contributed by atoms with Crippen molar-refractivity contribution in [3.05, 3.63) is 181 Å². The molecular weight excluding hydrogens is 629 g/mol. The standard InChI is InChI=1S/C50H32N2/c1-2-13-35(14-3-1)51-47-25-23-33(29-44(47)50-37-15-5-4-11-31(37)21-26-48(50)51)32-22-24-46-42(28-32)40-18-8-9-20-45(40)52(46)36-27-34-12-10-19-41-38-16-6-7-17-39(38)43(30-36)49(34)41/h1-20,22-25,27-30H,21,26H2. The van der Waals surface area contributed by atoms with Crippen molar-refractivity contribution >= 4 is 43.5 Å². The maximum atomic E-state index is 2.50. The molecule has 2 aromatic heterocycles. The van der Waals surface area contributed by atoms with Gasteiger partial charge in [0.05, 0.1) is 16.6 Å². The van der Waals surface area contributed by atoms with Crippen molar-refractivity contribution in [2.75, 3.05) is 0 Å². The lowest BCUT2D eigenvalue weighted by Crippen LogP contribution is -2.07. The zero-order valence-electron chi connectivity index (χ0n) is 28.5. The molecule has 2 heterocycles. The van der Waals surface area contributed by atoms with E-state index < -0.39 is 0 Å². The van der Waals surface area contributed by atoms with Crippen LogP contribution in [0.25, 0.3) is 99.4 Å². The summed E-state index contributed by atoms with van der Waals surface area (Å²) in [6, 6.07) is 63.3. The van der Waals surface area contributed by atoms with Gasteiger partial charge in [-0.15, -0.1) is 0 Å². The Morgan fingerprint density at radius 2 is 1.02 bits per heavy atom. The SMILES string of the molecule is c1ccc(-n2c3c(c4cc(-c5ccc6c(c5)c5ccccc5n6-c5cc6c7c(cccc7c5)-c5ccccc5-6)ccc42)-c2ccccc2CC3)cc1. The third-order valence-electron chi connectivity index (χ3n) is 11.7. The zero-order chi connectivity index (χ0) is 33.9. The summed E-state index contributed by atoms with van der Waals surface area (Å²) in [5.41, 5.74) is 19.5. The van der Waals surface area contributed by atoms with Crippen LogP contribution < -0.4 is 0 Å². The van der Waals surface area contributed by atoms with E-state index in [9.17, 15) is 0 Å². The molecule has 0 aliphatic heterocycles. The molecule has 2 heteroatoms. The van der Waals surface area contributed by atoms with E-state index in [1.165, 1.54) is 111 Å². The number of para-hydroxylation sites is 2. The molecule has 0 fully saturated rings. The first kappa shape index (κ1) is 28.1. The van der Waals surface area contributed by atoms with Gasteiger partial charge in [0, 0.05) is 38.8 Å². The molecule has 0 saturated carbocycles. The molecule has 0 saturated heterocycles. The van der Waals surface area contributed by atoms with E-state index in [0.717, 1.165) is 12.8 Å². The van der Waals surface area contributed by atoms with E-state index in [0.29, 0.717) is 0 Å². The first-order valence-electron chi connectivity index (χ1n) is 18.3. The monoisotopic (exact) mass is 660 g/mol. The fourth-order valence-electron chi connectivity index (χ4n) is 9.53. The molecule has 0 unspecified atom stereocenters. The highest BCUT2D eigenvalue weighted by Crippen LogP contribution is 2.49. The van der Waals surface area contributed by atoms with Crippen molar-refractivity contribution in [1.29, 1.82) is 0 Å². The average Bonchev–Trinajstić information content (AvgIpc) is 3.84. The predicted octanol–water partition coefficient (Wildman–Crippen LogP) is 13.0. The van der Waals surface area contributed by atoms with Gasteiger partial charge < -0.3 is 9.13 Å². The Morgan fingerprint density at radius 1 is 0.365 bits per heavy atom. The lowest BCUT2D eigenvalue weighted by molar-refractivity contribution is 0.865. The van der Waals surface area contributed by atoms with Gasteiger partial charge in [0.2, 0.25) is 0 Å². The Labute approximate surface area is 301 Å². The number of aromatic nitrogens is 2. The van der Waals surface area contributed by atoms with E-state index in [-0.39, 0.29) is 0 Å². The largest absolute Gasteiger partial charge is 0.313 e. The van der Waals surface area contributed by atoms with E-state index in [4.69, 9.17) is 0 Å². The third kappa shape index (κ3) is 3.79. The van der Waals surface area contributed by atoms with Crippen molar-refractivity contribution in [2.45, 2.75) is 12.8 Å². The minimum absolute atomic E-state index is 1.03. The average molecular weight is 661 g/mol. The summed E-state index contributed by atoms with van der Waals surface area (Å²) in [4.78, 5) is 0. The second-order valence-corrected chi connectivity index (χ2v) is 14.4. The number of hydrogen-bond acceptors (Lipinski definition) is 0. The molecule has 8 aromatic carbocycles. The van der Waals surface area contributed by atoms with Crippen LogP contribution in [-0.4, -0.2) is 9.13 Å². The van der Waals surface area contributed by atoms with E-state index in [1.54, 1.807) is 0 Å². The molecule has 2 nitrogen and oxygen atoms in total. The number of hydrogen-bond donors (Lipinski definition) is 0. The molecule has 12 rings (SSSR count). The molecule has 0 radical (unpaired) electrons. The van der Waals surface area contributed by atoms with Gasteiger partial charge in [0.15, 0.2) is 0 Å². The van der Waals surface area contributed by atoms with Gasteiger partial charge in [-0.3, -0.25) is 0 Å². The Morgan fingerprint density at radius 3 is 1.87 bits per heavy atom. The first-order valence-corrected chi connectivity index (χ1v) is 18.3. The molecule has 0 bridgehead atoms. The van der Waals surface area contributed by atoms with Gasteiger partial charge >= 0.3 is 0 Å². The Hall–Kier alpha value is -6.64. The highest BCUT2D eigenvalue weighted by molar-refractivity contribution is 6.17. The summed E-state index contributed by atoms with van der Waals surface area (Å²) in [6.45, 7) is 0. The summed E-state index contributed by atoms with van der Waals surface area (Å²) in [5.74, 6) is 0. The highest BCUT2D eigenvalue weighted by atomic mass is 15.0. The van der Waals surface area contributed by atoms with Crippen LogP contribution in [-0.2, 0) is 12.8 Å².